The van der Waals surface area contributed by atoms with E-state index in [4.69, 9.17) is 4.74 Å². The van der Waals surface area contributed by atoms with Crippen LogP contribution < -0.4 is 4.90 Å². The first-order chi connectivity index (χ1) is 16.9. The number of amides is 2. The Morgan fingerprint density at radius 3 is 2.77 bits per heavy atom. The molecule has 2 heterocycles. The average molecular weight is 474 g/mol. The van der Waals surface area contributed by atoms with Gasteiger partial charge in [0, 0.05) is 23.6 Å². The van der Waals surface area contributed by atoms with Crippen molar-refractivity contribution in [2.24, 2.45) is 0 Å². The van der Waals surface area contributed by atoms with Crippen LogP contribution in [0, 0.1) is 0 Å². The summed E-state index contributed by atoms with van der Waals surface area (Å²) in [5, 5.41) is 1.08. The molecule has 0 radical (unpaired) electrons. The Hall–Kier alpha value is -3.87. The van der Waals surface area contributed by atoms with Crippen LogP contribution in [0.1, 0.15) is 60.6 Å². The largest absolute Gasteiger partial charge is 0.469 e. The minimum absolute atomic E-state index is 0.0189. The number of para-hydroxylation sites is 1. The molecule has 0 saturated heterocycles. The summed E-state index contributed by atoms with van der Waals surface area (Å²) in [6, 6.07) is 13.6. The van der Waals surface area contributed by atoms with Gasteiger partial charge in [-0.25, -0.2) is 0 Å². The highest BCUT2D eigenvalue weighted by Crippen LogP contribution is 2.36. The van der Waals surface area contributed by atoms with Crippen LogP contribution in [0.2, 0.25) is 0 Å². The predicted octanol–water partition coefficient (Wildman–Crippen LogP) is 5.09. The molecule has 1 unspecified atom stereocenters. The summed E-state index contributed by atoms with van der Waals surface area (Å²) in [4.78, 5) is 45.1. The van der Waals surface area contributed by atoms with Gasteiger partial charge in [0.05, 0.1) is 37.4 Å². The first-order valence-electron chi connectivity index (χ1n) is 12.0. The number of hydrogen-bond acceptors (Lipinski definition) is 5. The maximum atomic E-state index is 13.6. The number of unbranched alkanes of at least 4 members (excludes halogenated alkanes) is 1. The van der Waals surface area contributed by atoms with E-state index in [1.807, 2.05) is 66.6 Å². The number of hydrogen-bond donors (Lipinski definition) is 1. The van der Waals surface area contributed by atoms with Crippen LogP contribution in [0.25, 0.3) is 17.0 Å². The topological polar surface area (TPSA) is 82.7 Å². The molecular weight excluding hydrogens is 442 g/mol. The minimum atomic E-state index is -0.463. The van der Waals surface area contributed by atoms with Crippen LogP contribution in [-0.4, -0.2) is 47.9 Å². The third-order valence-electron chi connectivity index (χ3n) is 6.48. The van der Waals surface area contributed by atoms with E-state index in [0.717, 1.165) is 34.9 Å². The van der Waals surface area contributed by atoms with Crippen molar-refractivity contribution in [2.75, 3.05) is 25.1 Å². The van der Waals surface area contributed by atoms with E-state index in [1.165, 1.54) is 12.0 Å². The highest BCUT2D eigenvalue weighted by atomic mass is 16.5. The Kier molecular flexibility index (Phi) is 7.34. The van der Waals surface area contributed by atoms with Crippen molar-refractivity contribution >= 4 is 40.4 Å². The van der Waals surface area contributed by atoms with E-state index < -0.39 is 11.9 Å². The Balaban J connectivity index is 1.77. The highest BCUT2D eigenvalue weighted by Gasteiger charge is 2.35. The third-order valence-corrected chi connectivity index (χ3v) is 6.48. The molecule has 4 rings (SSSR count). The van der Waals surface area contributed by atoms with Crippen LogP contribution >= 0.6 is 0 Å². The molecule has 1 aliphatic heterocycles. The van der Waals surface area contributed by atoms with Crippen LogP contribution in [0.15, 0.2) is 54.7 Å². The summed E-state index contributed by atoms with van der Waals surface area (Å²) in [7, 11) is 1.29. The van der Waals surface area contributed by atoms with Crippen molar-refractivity contribution in [3.8, 4) is 0 Å². The lowest BCUT2D eigenvalue weighted by Gasteiger charge is -2.30. The van der Waals surface area contributed by atoms with Gasteiger partial charge in [-0.1, -0.05) is 49.8 Å². The number of carbonyl (C=O) groups is 3. The van der Waals surface area contributed by atoms with Gasteiger partial charge in [0.2, 0.25) is 5.91 Å². The van der Waals surface area contributed by atoms with Gasteiger partial charge in [0.1, 0.15) is 0 Å². The molecule has 7 heteroatoms. The second kappa shape index (κ2) is 10.6. The second-order valence-corrected chi connectivity index (χ2v) is 8.74. The lowest BCUT2D eigenvalue weighted by molar-refractivity contribution is -0.141. The Bertz CT molecular complexity index is 1280. The number of aromatic nitrogens is 1. The second-order valence-electron chi connectivity index (χ2n) is 8.74. The maximum absolute atomic E-state index is 13.6. The molecule has 7 nitrogen and oxygen atoms in total. The summed E-state index contributed by atoms with van der Waals surface area (Å²) in [6.07, 6.45) is 7.97. The SMILES string of the molecule is CCCC=Cc1ccc2c(c1)C(=O)N(CCC(=O)OC)C(=O)CN2C(C)c1c[nH]c2ccccc12. The fourth-order valence-electron chi connectivity index (χ4n) is 4.52. The van der Waals surface area contributed by atoms with Gasteiger partial charge in [-0.3, -0.25) is 19.3 Å². The number of methoxy groups -OCH3 is 1. The fourth-order valence-corrected chi connectivity index (χ4v) is 4.52. The molecule has 0 fully saturated rings. The number of rotatable bonds is 8. The number of carbonyl (C=O) groups excluding carboxylic acids is 3. The first-order valence-corrected chi connectivity index (χ1v) is 12.0. The lowest BCUT2D eigenvalue weighted by atomic mass is 10.0. The number of allylic oxidation sites excluding steroid dienone is 1. The van der Waals surface area contributed by atoms with Gasteiger partial charge in [-0.05, 0) is 42.7 Å². The predicted molar refractivity (Wildman–Crippen MR) is 137 cm³/mol. The molecule has 1 aromatic heterocycles. The van der Waals surface area contributed by atoms with E-state index in [1.54, 1.807) is 0 Å². The monoisotopic (exact) mass is 473 g/mol. The van der Waals surface area contributed by atoms with Crippen molar-refractivity contribution in [3.63, 3.8) is 0 Å². The number of H-pyrrole nitrogens is 1. The van der Waals surface area contributed by atoms with Crippen molar-refractivity contribution in [3.05, 3.63) is 71.4 Å². The number of esters is 1. The quantitative estimate of drug-likeness (QED) is 0.364. The fraction of sp³-hybridized carbons (Fsp3) is 0.321. The van der Waals surface area contributed by atoms with E-state index in [9.17, 15) is 14.4 Å². The van der Waals surface area contributed by atoms with E-state index in [0.29, 0.717) is 11.3 Å². The van der Waals surface area contributed by atoms with Crippen molar-refractivity contribution in [1.82, 2.24) is 9.88 Å². The van der Waals surface area contributed by atoms with Gasteiger partial charge >= 0.3 is 5.97 Å². The molecule has 1 aliphatic rings. The smallest absolute Gasteiger partial charge is 0.307 e. The summed E-state index contributed by atoms with van der Waals surface area (Å²) >= 11 is 0. The summed E-state index contributed by atoms with van der Waals surface area (Å²) in [5.74, 6) is -1.20. The van der Waals surface area contributed by atoms with Gasteiger partial charge in [-0.15, -0.1) is 0 Å². The van der Waals surface area contributed by atoms with Crippen LogP contribution in [0.5, 0.6) is 0 Å². The van der Waals surface area contributed by atoms with Crippen molar-refractivity contribution < 1.29 is 19.1 Å². The average Bonchev–Trinajstić information content (AvgIpc) is 3.27. The lowest BCUT2D eigenvalue weighted by Crippen LogP contribution is -2.42. The van der Waals surface area contributed by atoms with Crippen LogP contribution in [-0.2, 0) is 14.3 Å². The molecule has 35 heavy (non-hydrogen) atoms. The number of imide groups is 1. The van der Waals surface area contributed by atoms with Crippen molar-refractivity contribution in [1.29, 1.82) is 0 Å². The molecule has 1 atom stereocenters. The minimum Gasteiger partial charge on any atom is -0.469 e. The number of nitrogens with zero attached hydrogens (tertiary/aromatic N) is 2. The van der Waals surface area contributed by atoms with Crippen LogP contribution in [0.4, 0.5) is 5.69 Å². The number of aromatic amines is 1. The van der Waals surface area contributed by atoms with Crippen LogP contribution in [0.3, 0.4) is 0 Å². The Morgan fingerprint density at radius 1 is 1.20 bits per heavy atom. The number of ether oxygens (including phenoxy) is 1. The number of fused-ring (bicyclic) bond motifs is 2. The van der Waals surface area contributed by atoms with E-state index in [2.05, 4.69) is 18.0 Å². The van der Waals surface area contributed by atoms with Gasteiger partial charge in [0.25, 0.3) is 5.91 Å². The molecule has 2 amide bonds. The zero-order chi connectivity index (χ0) is 24.9. The molecule has 2 aromatic carbocycles. The van der Waals surface area contributed by atoms with Gasteiger partial charge in [-0.2, -0.15) is 0 Å². The Morgan fingerprint density at radius 2 is 2.00 bits per heavy atom. The number of nitrogens with one attached hydrogen (secondary N) is 1. The molecule has 0 bridgehead atoms. The van der Waals surface area contributed by atoms with E-state index >= 15 is 0 Å². The zero-order valence-electron chi connectivity index (χ0n) is 20.4. The van der Waals surface area contributed by atoms with Gasteiger partial charge in [0.15, 0.2) is 0 Å². The normalized spacial score (nSPS) is 14.9. The molecule has 3 aromatic rings. The summed E-state index contributed by atoms with van der Waals surface area (Å²) < 4.78 is 4.72. The summed E-state index contributed by atoms with van der Waals surface area (Å²) in [6.45, 7) is 4.15. The maximum Gasteiger partial charge on any atom is 0.307 e. The molecule has 0 aliphatic carbocycles. The molecule has 0 saturated carbocycles. The zero-order valence-corrected chi connectivity index (χ0v) is 20.4. The highest BCUT2D eigenvalue weighted by molar-refractivity contribution is 6.11. The van der Waals surface area contributed by atoms with Gasteiger partial charge < -0.3 is 14.6 Å². The molecule has 1 N–H and O–H groups in total. The first kappa shape index (κ1) is 24.3. The number of anilines is 1. The summed E-state index contributed by atoms with van der Waals surface area (Å²) in [5.41, 5.74) is 4.11. The Labute approximate surface area is 205 Å². The molecule has 0 spiro atoms. The van der Waals surface area contributed by atoms with Crippen molar-refractivity contribution in [2.45, 2.75) is 39.2 Å². The molecular formula is C28H31N3O4. The standard InChI is InChI=1S/C28H31N3O4/c1-4-5-6-9-20-12-13-25-22(16-20)28(34)30(15-14-27(33)35-3)26(32)18-31(25)19(2)23-17-29-24-11-8-7-10-21(23)24/h6-13,16-17,19,29H,4-5,14-15,18H2,1-3H3. The number of benzene rings is 2. The third kappa shape index (κ3) is 4.99. The van der Waals surface area contributed by atoms with E-state index in [-0.39, 0.29) is 31.5 Å². The molecule has 182 valence electrons.